The maximum atomic E-state index is 13.7. The maximum Gasteiger partial charge on any atom is 0.267 e. The van der Waals surface area contributed by atoms with Gasteiger partial charge in [0.15, 0.2) is 5.16 Å². The topological polar surface area (TPSA) is 44.1 Å². The summed E-state index contributed by atoms with van der Waals surface area (Å²) < 4.78 is 7.84. The first-order valence-electron chi connectivity index (χ1n) is 9.88. The fraction of sp³-hybridized carbons (Fsp3) is 0.455. The Balaban J connectivity index is 1.95. The van der Waals surface area contributed by atoms with Crippen molar-refractivity contribution in [3.8, 4) is 5.69 Å². The normalized spacial score (nSPS) is 16.7. The molecule has 1 aliphatic heterocycles. The zero-order valence-corrected chi connectivity index (χ0v) is 18.5. The number of benzene rings is 1. The number of thiophene rings is 1. The molecular formula is C22H26N2O2S2. The van der Waals surface area contributed by atoms with Crippen LogP contribution in [0, 0.1) is 12.8 Å². The van der Waals surface area contributed by atoms with Crippen LogP contribution in [0.5, 0.6) is 0 Å². The van der Waals surface area contributed by atoms with Crippen LogP contribution in [0.15, 0.2) is 34.2 Å². The predicted octanol–water partition coefficient (Wildman–Crippen LogP) is 5.36. The number of ether oxygens (including phenoxy) is 1. The Morgan fingerprint density at radius 3 is 2.93 bits per heavy atom. The van der Waals surface area contributed by atoms with Gasteiger partial charge in [-0.1, -0.05) is 44.7 Å². The van der Waals surface area contributed by atoms with E-state index in [9.17, 15) is 4.79 Å². The minimum absolute atomic E-state index is 0.0520. The SMILES string of the molecule is CCCSc1nc2sc3c(c2c(=O)n1-c1cccc(C)c1)C[C@@H](C(C)C)OC3. The summed E-state index contributed by atoms with van der Waals surface area (Å²) in [7, 11) is 0. The van der Waals surface area contributed by atoms with E-state index in [4.69, 9.17) is 9.72 Å². The Labute approximate surface area is 174 Å². The molecule has 1 aliphatic rings. The summed E-state index contributed by atoms with van der Waals surface area (Å²) in [4.78, 5) is 20.7. The molecule has 148 valence electrons. The molecule has 6 heteroatoms. The maximum absolute atomic E-state index is 13.7. The number of hydrogen-bond donors (Lipinski definition) is 0. The van der Waals surface area contributed by atoms with E-state index in [2.05, 4.69) is 39.8 Å². The number of aromatic nitrogens is 2. The summed E-state index contributed by atoms with van der Waals surface area (Å²) >= 11 is 3.27. The lowest BCUT2D eigenvalue weighted by Crippen LogP contribution is -2.28. The second-order valence-corrected chi connectivity index (χ2v) is 9.85. The minimum Gasteiger partial charge on any atom is -0.372 e. The monoisotopic (exact) mass is 414 g/mol. The standard InChI is InChI=1S/C22H26N2O2S2/c1-5-9-27-22-23-20-19(16-11-17(13(2)3)26-12-18(16)28-20)21(25)24(22)15-8-6-7-14(4)10-15/h6-8,10,13,17H,5,9,11-12H2,1-4H3/t17-/m0/s1. The van der Waals surface area contributed by atoms with Crippen LogP contribution < -0.4 is 5.56 Å². The third-order valence-corrected chi connectivity index (χ3v) is 7.39. The highest BCUT2D eigenvalue weighted by molar-refractivity contribution is 7.99. The first kappa shape index (κ1) is 19.7. The summed E-state index contributed by atoms with van der Waals surface area (Å²) in [6.45, 7) is 9.13. The Morgan fingerprint density at radius 1 is 1.39 bits per heavy atom. The highest BCUT2D eigenvalue weighted by Gasteiger charge is 2.28. The molecule has 4 rings (SSSR count). The van der Waals surface area contributed by atoms with Crippen LogP contribution in [0.3, 0.4) is 0 Å². The van der Waals surface area contributed by atoms with Crippen molar-refractivity contribution in [2.75, 3.05) is 5.75 Å². The Kier molecular flexibility index (Phi) is 5.63. The summed E-state index contributed by atoms with van der Waals surface area (Å²) in [5.74, 6) is 1.36. The van der Waals surface area contributed by atoms with Crippen LogP contribution in [-0.4, -0.2) is 21.4 Å². The molecule has 0 saturated heterocycles. The van der Waals surface area contributed by atoms with Crippen molar-refractivity contribution in [1.29, 1.82) is 0 Å². The summed E-state index contributed by atoms with van der Waals surface area (Å²) in [5.41, 5.74) is 3.23. The first-order valence-corrected chi connectivity index (χ1v) is 11.7. The van der Waals surface area contributed by atoms with Gasteiger partial charge in [-0.3, -0.25) is 9.36 Å². The van der Waals surface area contributed by atoms with Crippen molar-refractivity contribution in [2.24, 2.45) is 5.92 Å². The number of thioether (sulfide) groups is 1. The smallest absolute Gasteiger partial charge is 0.267 e. The van der Waals surface area contributed by atoms with E-state index in [-0.39, 0.29) is 11.7 Å². The fourth-order valence-electron chi connectivity index (χ4n) is 3.62. The van der Waals surface area contributed by atoms with Crippen molar-refractivity contribution >= 4 is 33.3 Å². The number of aryl methyl sites for hydroxylation is 1. The highest BCUT2D eigenvalue weighted by Crippen LogP contribution is 2.36. The van der Waals surface area contributed by atoms with Crippen LogP contribution >= 0.6 is 23.1 Å². The summed E-state index contributed by atoms with van der Waals surface area (Å²) in [6.07, 6.45) is 1.99. The van der Waals surface area contributed by atoms with Crippen LogP contribution in [-0.2, 0) is 17.8 Å². The number of hydrogen-bond acceptors (Lipinski definition) is 5. The second kappa shape index (κ2) is 8.01. The average Bonchev–Trinajstić information content (AvgIpc) is 3.04. The van der Waals surface area contributed by atoms with E-state index in [1.807, 2.05) is 16.7 Å². The molecule has 3 aromatic rings. The van der Waals surface area contributed by atoms with Gasteiger partial charge in [0.2, 0.25) is 0 Å². The molecule has 28 heavy (non-hydrogen) atoms. The molecule has 0 amide bonds. The quantitative estimate of drug-likeness (QED) is 0.417. The van der Waals surface area contributed by atoms with Gasteiger partial charge in [0.1, 0.15) is 4.83 Å². The molecule has 0 bridgehead atoms. The van der Waals surface area contributed by atoms with Crippen molar-refractivity contribution in [1.82, 2.24) is 9.55 Å². The Hall–Kier alpha value is -1.63. The molecule has 0 N–H and O–H groups in total. The van der Waals surface area contributed by atoms with E-state index in [0.717, 1.165) is 55.7 Å². The zero-order valence-electron chi connectivity index (χ0n) is 16.8. The van der Waals surface area contributed by atoms with Crippen molar-refractivity contribution in [2.45, 2.75) is 58.4 Å². The van der Waals surface area contributed by atoms with Crippen LogP contribution in [0.4, 0.5) is 0 Å². The van der Waals surface area contributed by atoms with E-state index in [1.165, 1.54) is 0 Å². The largest absolute Gasteiger partial charge is 0.372 e. The molecule has 0 aliphatic carbocycles. The van der Waals surface area contributed by atoms with Gasteiger partial charge in [0.25, 0.3) is 5.56 Å². The molecule has 0 radical (unpaired) electrons. The zero-order chi connectivity index (χ0) is 19.8. The Bertz CT molecular complexity index is 1070. The molecule has 4 nitrogen and oxygen atoms in total. The van der Waals surface area contributed by atoms with Gasteiger partial charge in [-0.2, -0.15) is 0 Å². The number of fused-ring (bicyclic) bond motifs is 3. The molecular weight excluding hydrogens is 388 g/mol. The lowest BCUT2D eigenvalue weighted by atomic mass is 9.96. The van der Waals surface area contributed by atoms with Crippen LogP contribution in [0.2, 0.25) is 0 Å². The third-order valence-electron chi connectivity index (χ3n) is 5.15. The molecule has 1 atom stereocenters. The van der Waals surface area contributed by atoms with Crippen LogP contribution in [0.25, 0.3) is 15.9 Å². The molecule has 3 heterocycles. The van der Waals surface area contributed by atoms with Crippen LogP contribution in [0.1, 0.15) is 43.2 Å². The van der Waals surface area contributed by atoms with Gasteiger partial charge < -0.3 is 4.74 Å². The first-order chi connectivity index (χ1) is 13.5. The van der Waals surface area contributed by atoms with Gasteiger partial charge in [0.05, 0.1) is 23.8 Å². The summed E-state index contributed by atoms with van der Waals surface area (Å²) in [5, 5.41) is 1.57. The number of rotatable bonds is 5. The molecule has 0 fully saturated rings. The third kappa shape index (κ3) is 3.53. The average molecular weight is 415 g/mol. The number of nitrogens with zero attached hydrogens (tertiary/aromatic N) is 2. The minimum atomic E-state index is 0.0520. The molecule has 0 unspecified atom stereocenters. The van der Waals surface area contributed by atoms with E-state index in [0.29, 0.717) is 12.5 Å². The molecule has 0 spiro atoms. The molecule has 2 aromatic heterocycles. The van der Waals surface area contributed by atoms with Crippen molar-refractivity contribution in [3.05, 3.63) is 50.6 Å². The lowest BCUT2D eigenvalue weighted by Gasteiger charge is -2.26. The van der Waals surface area contributed by atoms with Crippen molar-refractivity contribution < 1.29 is 4.74 Å². The fourth-order valence-corrected chi connectivity index (χ4v) is 5.65. The summed E-state index contributed by atoms with van der Waals surface area (Å²) in [6, 6.07) is 8.11. The van der Waals surface area contributed by atoms with E-state index < -0.39 is 0 Å². The van der Waals surface area contributed by atoms with Gasteiger partial charge in [-0.25, -0.2) is 4.98 Å². The van der Waals surface area contributed by atoms with E-state index >= 15 is 0 Å². The van der Waals surface area contributed by atoms with Gasteiger partial charge >= 0.3 is 0 Å². The Morgan fingerprint density at radius 2 is 2.21 bits per heavy atom. The van der Waals surface area contributed by atoms with Gasteiger partial charge in [0, 0.05) is 17.1 Å². The predicted molar refractivity (Wildman–Crippen MR) is 118 cm³/mol. The van der Waals surface area contributed by atoms with E-state index in [1.54, 1.807) is 23.1 Å². The second-order valence-electron chi connectivity index (χ2n) is 7.70. The lowest BCUT2D eigenvalue weighted by molar-refractivity contribution is 0.00200. The molecule has 1 aromatic carbocycles. The highest BCUT2D eigenvalue weighted by atomic mass is 32.2. The molecule has 0 saturated carbocycles. The van der Waals surface area contributed by atoms with Gasteiger partial charge in [-0.15, -0.1) is 11.3 Å². The van der Waals surface area contributed by atoms with Crippen molar-refractivity contribution in [3.63, 3.8) is 0 Å². The van der Waals surface area contributed by atoms with Gasteiger partial charge in [-0.05, 0) is 42.5 Å².